The van der Waals surface area contributed by atoms with E-state index >= 15 is 0 Å². The lowest BCUT2D eigenvalue weighted by Crippen LogP contribution is -2.14. The molecule has 0 radical (unpaired) electrons. The summed E-state index contributed by atoms with van der Waals surface area (Å²) < 4.78 is 50.3. The number of aromatic nitrogens is 1. The van der Waals surface area contributed by atoms with Crippen molar-refractivity contribution >= 4 is 22.9 Å². The average Bonchev–Trinajstić information content (AvgIpc) is 3.18. The molecule has 0 fully saturated rings. The number of hydrogen-bond donors (Lipinski definition) is 1. The number of anilines is 1. The Balaban J connectivity index is 1.83. The Morgan fingerprint density at radius 3 is 2.48 bits per heavy atom. The number of halogens is 3. The second kappa shape index (κ2) is 7.67. The molecule has 1 heterocycles. The Morgan fingerprint density at radius 2 is 1.78 bits per heavy atom. The van der Waals surface area contributed by atoms with E-state index in [2.05, 4.69) is 10.3 Å². The van der Waals surface area contributed by atoms with Crippen molar-refractivity contribution in [2.45, 2.75) is 0 Å². The predicted octanol–water partition coefficient (Wildman–Crippen LogP) is 4.50. The topological polar surface area (TPSA) is 60.5 Å². The van der Waals surface area contributed by atoms with Crippen molar-refractivity contribution in [2.24, 2.45) is 0 Å². The van der Waals surface area contributed by atoms with Gasteiger partial charge in [0, 0.05) is 10.9 Å². The van der Waals surface area contributed by atoms with Crippen molar-refractivity contribution < 1.29 is 27.4 Å². The van der Waals surface area contributed by atoms with E-state index in [1.54, 1.807) is 18.2 Å². The van der Waals surface area contributed by atoms with Crippen molar-refractivity contribution in [3.8, 4) is 22.1 Å². The Hall–Kier alpha value is -3.07. The second-order valence-electron chi connectivity index (χ2n) is 5.28. The molecule has 0 saturated carbocycles. The van der Waals surface area contributed by atoms with E-state index in [9.17, 15) is 18.0 Å². The van der Waals surface area contributed by atoms with Crippen molar-refractivity contribution in [2.75, 3.05) is 19.5 Å². The van der Waals surface area contributed by atoms with Crippen LogP contribution in [-0.4, -0.2) is 25.1 Å². The van der Waals surface area contributed by atoms with Crippen LogP contribution in [0.15, 0.2) is 35.7 Å². The van der Waals surface area contributed by atoms with E-state index in [1.807, 2.05) is 0 Å². The van der Waals surface area contributed by atoms with Crippen LogP contribution >= 0.6 is 11.3 Å². The fourth-order valence-electron chi connectivity index (χ4n) is 2.29. The number of hydrogen-bond acceptors (Lipinski definition) is 5. The van der Waals surface area contributed by atoms with Crippen LogP contribution in [0, 0.1) is 17.5 Å². The molecule has 3 rings (SSSR count). The molecule has 2 aromatic carbocycles. The summed E-state index contributed by atoms with van der Waals surface area (Å²) in [5.41, 5.74) is 0.226. The third-order valence-electron chi connectivity index (χ3n) is 3.65. The minimum absolute atomic E-state index is 0.00826. The van der Waals surface area contributed by atoms with Crippen molar-refractivity contribution in [3.63, 3.8) is 0 Å². The van der Waals surface area contributed by atoms with Crippen molar-refractivity contribution in [3.05, 3.63) is 58.9 Å². The zero-order valence-corrected chi connectivity index (χ0v) is 15.0. The van der Waals surface area contributed by atoms with E-state index in [-0.39, 0.29) is 5.69 Å². The van der Waals surface area contributed by atoms with Crippen LogP contribution in [0.3, 0.4) is 0 Å². The zero-order valence-electron chi connectivity index (χ0n) is 14.2. The first-order valence-corrected chi connectivity index (χ1v) is 8.45. The van der Waals surface area contributed by atoms with Gasteiger partial charge in [-0.15, -0.1) is 11.3 Å². The summed E-state index contributed by atoms with van der Waals surface area (Å²) >= 11 is 1.19. The highest BCUT2D eigenvalue weighted by atomic mass is 32.1. The van der Waals surface area contributed by atoms with Gasteiger partial charge in [-0.1, -0.05) is 0 Å². The Morgan fingerprint density at radius 1 is 1.04 bits per heavy atom. The maximum absolute atomic E-state index is 13.7. The average molecular weight is 394 g/mol. The van der Waals surface area contributed by atoms with Gasteiger partial charge in [0.15, 0.2) is 29.0 Å². The number of ether oxygens (including phenoxy) is 2. The summed E-state index contributed by atoms with van der Waals surface area (Å²) in [6.45, 7) is 0. The number of benzene rings is 2. The molecule has 0 spiro atoms. The number of rotatable bonds is 5. The van der Waals surface area contributed by atoms with Gasteiger partial charge in [0.05, 0.1) is 19.9 Å². The first-order valence-electron chi connectivity index (χ1n) is 7.57. The fraction of sp³-hybridized carbons (Fsp3) is 0.111. The number of carbonyl (C=O) groups excluding carboxylic acids is 1. The molecular formula is C18H13F3N2O3S. The molecular weight excluding hydrogens is 381 g/mol. The van der Waals surface area contributed by atoms with Gasteiger partial charge in [-0.3, -0.25) is 4.79 Å². The van der Waals surface area contributed by atoms with Crippen molar-refractivity contribution in [1.82, 2.24) is 4.98 Å². The molecule has 0 unspecified atom stereocenters. The van der Waals surface area contributed by atoms with Gasteiger partial charge in [-0.05, 0) is 30.3 Å². The van der Waals surface area contributed by atoms with Crippen LogP contribution < -0.4 is 14.8 Å². The highest BCUT2D eigenvalue weighted by Crippen LogP contribution is 2.33. The molecule has 27 heavy (non-hydrogen) atoms. The largest absolute Gasteiger partial charge is 0.493 e. The van der Waals surface area contributed by atoms with E-state index < -0.39 is 29.0 Å². The standard InChI is InChI=1S/C18H13F3N2O3S/c1-25-13-6-3-9(7-14(13)26-2)18-23-12(8-27-18)17(24)22-11-5-4-10(19)15(20)16(11)21/h3-8H,1-2H3,(H,22,24). The molecule has 0 saturated heterocycles. The second-order valence-corrected chi connectivity index (χ2v) is 6.14. The number of carbonyl (C=O) groups is 1. The molecule has 0 aliphatic carbocycles. The van der Waals surface area contributed by atoms with Crippen LogP contribution in [0.5, 0.6) is 11.5 Å². The van der Waals surface area contributed by atoms with Gasteiger partial charge in [-0.25, -0.2) is 18.2 Å². The number of nitrogens with zero attached hydrogens (tertiary/aromatic N) is 1. The molecule has 5 nitrogen and oxygen atoms in total. The van der Waals surface area contributed by atoms with Gasteiger partial charge in [0.25, 0.3) is 5.91 Å². The molecule has 140 valence electrons. The molecule has 9 heteroatoms. The number of amides is 1. The smallest absolute Gasteiger partial charge is 0.275 e. The molecule has 0 atom stereocenters. The normalized spacial score (nSPS) is 10.6. The van der Waals surface area contributed by atoms with Gasteiger partial charge < -0.3 is 14.8 Å². The number of nitrogens with one attached hydrogen (secondary N) is 1. The van der Waals surface area contributed by atoms with Gasteiger partial charge in [-0.2, -0.15) is 0 Å². The van der Waals surface area contributed by atoms with E-state index in [0.29, 0.717) is 22.1 Å². The monoisotopic (exact) mass is 394 g/mol. The van der Waals surface area contributed by atoms with Crippen LogP contribution in [0.25, 0.3) is 10.6 Å². The lowest BCUT2D eigenvalue weighted by molar-refractivity contribution is 0.102. The predicted molar refractivity (Wildman–Crippen MR) is 94.9 cm³/mol. The van der Waals surface area contributed by atoms with Crippen molar-refractivity contribution in [1.29, 1.82) is 0 Å². The number of methoxy groups -OCH3 is 2. The minimum Gasteiger partial charge on any atom is -0.493 e. The molecule has 3 aromatic rings. The minimum atomic E-state index is -1.66. The molecule has 1 amide bonds. The zero-order chi connectivity index (χ0) is 19.6. The maximum atomic E-state index is 13.7. The summed E-state index contributed by atoms with van der Waals surface area (Å²) in [5, 5.41) is 4.17. The van der Waals surface area contributed by atoms with Crippen LogP contribution in [0.1, 0.15) is 10.5 Å². The number of thiazole rings is 1. The Kier molecular flexibility index (Phi) is 5.31. The third-order valence-corrected chi connectivity index (χ3v) is 4.54. The molecule has 1 aromatic heterocycles. The van der Waals surface area contributed by atoms with E-state index in [4.69, 9.17) is 9.47 Å². The summed E-state index contributed by atoms with van der Waals surface area (Å²) in [5.74, 6) is -4.17. The van der Waals surface area contributed by atoms with E-state index in [0.717, 1.165) is 12.1 Å². The van der Waals surface area contributed by atoms with E-state index in [1.165, 1.54) is 30.9 Å². The lowest BCUT2D eigenvalue weighted by atomic mass is 10.2. The SMILES string of the molecule is COc1ccc(-c2nc(C(=O)Nc3ccc(F)c(F)c3F)cs2)cc1OC. The van der Waals surface area contributed by atoms with Crippen LogP contribution in [0.4, 0.5) is 18.9 Å². The lowest BCUT2D eigenvalue weighted by Gasteiger charge is -2.08. The summed E-state index contributed by atoms with van der Waals surface area (Å²) in [6, 6.07) is 6.81. The van der Waals surface area contributed by atoms with Crippen LogP contribution in [-0.2, 0) is 0 Å². The first-order chi connectivity index (χ1) is 12.9. The van der Waals surface area contributed by atoms with Gasteiger partial charge in [0.1, 0.15) is 10.7 Å². The maximum Gasteiger partial charge on any atom is 0.275 e. The van der Waals surface area contributed by atoms with Gasteiger partial charge in [0.2, 0.25) is 0 Å². The summed E-state index contributed by atoms with van der Waals surface area (Å²) in [4.78, 5) is 16.4. The molecule has 1 N–H and O–H groups in total. The molecule has 0 aliphatic heterocycles. The third kappa shape index (κ3) is 3.72. The fourth-order valence-corrected chi connectivity index (χ4v) is 3.09. The Bertz CT molecular complexity index is 1010. The Labute approximate surface area is 156 Å². The summed E-state index contributed by atoms with van der Waals surface area (Å²) in [6.07, 6.45) is 0. The van der Waals surface area contributed by atoms with Crippen LogP contribution in [0.2, 0.25) is 0 Å². The first kappa shape index (κ1) is 18.7. The summed E-state index contributed by atoms with van der Waals surface area (Å²) in [7, 11) is 3.01. The molecule has 0 bridgehead atoms. The van der Waals surface area contributed by atoms with Gasteiger partial charge >= 0.3 is 0 Å². The highest BCUT2D eigenvalue weighted by Gasteiger charge is 2.18. The quantitative estimate of drug-likeness (QED) is 0.648. The highest BCUT2D eigenvalue weighted by molar-refractivity contribution is 7.13. The molecule has 0 aliphatic rings.